The average Bonchev–Trinajstić information content (AvgIpc) is 2.82. The van der Waals surface area contributed by atoms with Crippen LogP contribution in [0.1, 0.15) is 19.4 Å². The SMILES string of the molecule is COC(=O)C(NS(=O)(=O)c1ccc(-c2ccc(OCc3ccccc3Cl)cc2)cc1)C(C)C. The van der Waals surface area contributed by atoms with Crippen LogP contribution >= 0.6 is 11.6 Å². The molecule has 0 aromatic heterocycles. The van der Waals surface area contributed by atoms with Gasteiger partial charge < -0.3 is 9.47 Å². The Morgan fingerprint density at radius 2 is 1.52 bits per heavy atom. The highest BCUT2D eigenvalue weighted by atomic mass is 35.5. The van der Waals surface area contributed by atoms with Crippen molar-refractivity contribution in [1.82, 2.24) is 4.72 Å². The third-order valence-corrected chi connectivity index (χ3v) is 6.93. The maximum Gasteiger partial charge on any atom is 0.324 e. The molecule has 174 valence electrons. The van der Waals surface area contributed by atoms with E-state index < -0.39 is 22.0 Å². The number of halogens is 1. The van der Waals surface area contributed by atoms with E-state index in [2.05, 4.69) is 4.72 Å². The number of ether oxygens (including phenoxy) is 2. The molecular formula is C25H26ClNO5S. The summed E-state index contributed by atoms with van der Waals surface area (Å²) < 4.78 is 38.4. The number of benzene rings is 3. The summed E-state index contributed by atoms with van der Waals surface area (Å²) >= 11 is 6.16. The quantitative estimate of drug-likeness (QED) is 0.426. The van der Waals surface area contributed by atoms with Gasteiger partial charge in [0, 0.05) is 10.6 Å². The molecule has 0 aliphatic carbocycles. The molecule has 0 radical (unpaired) electrons. The lowest BCUT2D eigenvalue weighted by molar-refractivity contribution is -0.143. The van der Waals surface area contributed by atoms with Crippen LogP contribution in [0, 0.1) is 5.92 Å². The molecule has 6 nitrogen and oxygen atoms in total. The number of hydrogen-bond donors (Lipinski definition) is 1. The van der Waals surface area contributed by atoms with Crippen LogP contribution in [0.4, 0.5) is 0 Å². The summed E-state index contributed by atoms with van der Waals surface area (Å²) in [5.41, 5.74) is 2.66. The van der Waals surface area contributed by atoms with Crippen molar-refractivity contribution in [3.05, 3.63) is 83.4 Å². The zero-order valence-electron chi connectivity index (χ0n) is 18.6. The predicted molar refractivity (Wildman–Crippen MR) is 129 cm³/mol. The molecule has 1 atom stereocenters. The monoisotopic (exact) mass is 487 g/mol. The van der Waals surface area contributed by atoms with Gasteiger partial charge in [-0.05, 0) is 47.4 Å². The fourth-order valence-electron chi connectivity index (χ4n) is 3.17. The van der Waals surface area contributed by atoms with Crippen molar-refractivity contribution in [2.75, 3.05) is 7.11 Å². The van der Waals surface area contributed by atoms with Gasteiger partial charge >= 0.3 is 5.97 Å². The minimum Gasteiger partial charge on any atom is -0.489 e. The van der Waals surface area contributed by atoms with Crippen LogP contribution in [0.5, 0.6) is 5.75 Å². The molecule has 3 aromatic rings. The zero-order valence-corrected chi connectivity index (χ0v) is 20.2. The van der Waals surface area contributed by atoms with E-state index in [-0.39, 0.29) is 10.8 Å². The highest BCUT2D eigenvalue weighted by molar-refractivity contribution is 7.89. The topological polar surface area (TPSA) is 81.7 Å². The summed E-state index contributed by atoms with van der Waals surface area (Å²) in [6, 6.07) is 20.5. The van der Waals surface area contributed by atoms with Gasteiger partial charge in [-0.15, -0.1) is 0 Å². The van der Waals surface area contributed by atoms with Gasteiger partial charge in [-0.1, -0.05) is 67.9 Å². The van der Waals surface area contributed by atoms with E-state index in [1.165, 1.54) is 19.2 Å². The van der Waals surface area contributed by atoms with Gasteiger partial charge in [0.15, 0.2) is 0 Å². The molecule has 0 spiro atoms. The lowest BCUT2D eigenvalue weighted by Crippen LogP contribution is -2.44. The van der Waals surface area contributed by atoms with E-state index in [0.717, 1.165) is 16.7 Å². The van der Waals surface area contributed by atoms with Crippen LogP contribution in [0.25, 0.3) is 11.1 Å². The van der Waals surface area contributed by atoms with Crippen LogP contribution in [0.15, 0.2) is 77.7 Å². The van der Waals surface area contributed by atoms with E-state index in [4.69, 9.17) is 21.1 Å². The summed E-state index contributed by atoms with van der Waals surface area (Å²) in [5, 5.41) is 0.657. The molecule has 0 saturated heterocycles. The molecule has 0 saturated carbocycles. The first kappa shape index (κ1) is 24.8. The maximum atomic E-state index is 12.7. The van der Waals surface area contributed by atoms with Crippen LogP contribution < -0.4 is 9.46 Å². The summed E-state index contributed by atoms with van der Waals surface area (Å²) in [6.45, 7) is 3.85. The van der Waals surface area contributed by atoms with E-state index in [1.807, 2.05) is 48.5 Å². The highest BCUT2D eigenvalue weighted by Gasteiger charge is 2.29. The lowest BCUT2D eigenvalue weighted by atomic mass is 10.1. The Bertz CT molecular complexity index is 1190. The van der Waals surface area contributed by atoms with Gasteiger partial charge in [0.05, 0.1) is 12.0 Å². The Kier molecular flexibility index (Phi) is 8.13. The Hall–Kier alpha value is -2.87. The standard InChI is InChI=1S/C25H26ClNO5S/c1-17(2)24(25(28)31-3)27-33(29,30)22-14-10-19(11-15-22)18-8-12-21(13-9-18)32-16-20-6-4-5-7-23(20)26/h4-15,17,24,27H,16H2,1-3H3. The number of carbonyl (C=O) groups excluding carboxylic acids is 1. The fourth-order valence-corrected chi connectivity index (χ4v) is 4.69. The molecule has 0 bridgehead atoms. The van der Waals surface area contributed by atoms with Crippen molar-refractivity contribution in [2.24, 2.45) is 5.92 Å². The fraction of sp³-hybridized carbons (Fsp3) is 0.240. The van der Waals surface area contributed by atoms with Crippen molar-refractivity contribution in [3.8, 4) is 16.9 Å². The molecule has 1 unspecified atom stereocenters. The minimum absolute atomic E-state index is 0.0699. The number of rotatable bonds is 9. The second-order valence-corrected chi connectivity index (χ2v) is 9.92. The number of carbonyl (C=O) groups is 1. The first-order valence-electron chi connectivity index (χ1n) is 10.4. The first-order valence-corrected chi connectivity index (χ1v) is 12.2. The number of sulfonamides is 1. The average molecular weight is 488 g/mol. The lowest BCUT2D eigenvalue weighted by Gasteiger charge is -2.19. The van der Waals surface area contributed by atoms with Gasteiger partial charge in [-0.3, -0.25) is 4.79 Å². The third kappa shape index (κ3) is 6.35. The molecule has 0 aliphatic heterocycles. The van der Waals surface area contributed by atoms with E-state index in [0.29, 0.717) is 17.4 Å². The molecule has 3 rings (SSSR count). The largest absolute Gasteiger partial charge is 0.489 e. The number of nitrogens with one attached hydrogen (secondary N) is 1. The van der Waals surface area contributed by atoms with Gasteiger partial charge in [-0.25, -0.2) is 8.42 Å². The first-order chi connectivity index (χ1) is 15.7. The van der Waals surface area contributed by atoms with Gasteiger partial charge in [0.1, 0.15) is 18.4 Å². The van der Waals surface area contributed by atoms with Crippen LogP contribution in [0.3, 0.4) is 0 Å². The Morgan fingerprint density at radius 3 is 2.06 bits per heavy atom. The van der Waals surface area contributed by atoms with Crippen LogP contribution in [0.2, 0.25) is 5.02 Å². The van der Waals surface area contributed by atoms with Crippen molar-refractivity contribution < 1.29 is 22.7 Å². The van der Waals surface area contributed by atoms with Crippen molar-refractivity contribution in [2.45, 2.75) is 31.4 Å². The molecule has 1 N–H and O–H groups in total. The van der Waals surface area contributed by atoms with E-state index in [1.54, 1.807) is 26.0 Å². The number of esters is 1. The zero-order chi connectivity index (χ0) is 24.0. The molecule has 3 aromatic carbocycles. The molecule has 33 heavy (non-hydrogen) atoms. The summed E-state index contributed by atoms with van der Waals surface area (Å²) in [7, 11) is -2.65. The van der Waals surface area contributed by atoms with Crippen LogP contribution in [-0.4, -0.2) is 27.5 Å². The van der Waals surface area contributed by atoms with Crippen molar-refractivity contribution >= 4 is 27.6 Å². The molecule has 0 heterocycles. The minimum atomic E-state index is -3.88. The molecule has 0 aliphatic rings. The molecule has 0 amide bonds. The smallest absolute Gasteiger partial charge is 0.324 e. The normalized spacial score (nSPS) is 12.4. The second kappa shape index (κ2) is 10.8. The van der Waals surface area contributed by atoms with Gasteiger partial charge in [-0.2, -0.15) is 4.72 Å². The Morgan fingerprint density at radius 1 is 0.939 bits per heavy atom. The third-order valence-electron chi connectivity index (χ3n) is 5.11. The summed E-state index contributed by atoms with van der Waals surface area (Å²) in [5.74, 6) is -0.184. The molecule has 0 fully saturated rings. The molecular weight excluding hydrogens is 462 g/mol. The summed E-state index contributed by atoms with van der Waals surface area (Å²) in [6.07, 6.45) is 0. The van der Waals surface area contributed by atoms with E-state index in [9.17, 15) is 13.2 Å². The second-order valence-electron chi connectivity index (χ2n) is 7.79. The van der Waals surface area contributed by atoms with Gasteiger partial charge in [0.25, 0.3) is 0 Å². The number of hydrogen-bond acceptors (Lipinski definition) is 5. The maximum absolute atomic E-state index is 12.7. The van der Waals surface area contributed by atoms with Crippen molar-refractivity contribution in [3.63, 3.8) is 0 Å². The van der Waals surface area contributed by atoms with E-state index >= 15 is 0 Å². The molecule has 8 heteroatoms. The van der Waals surface area contributed by atoms with Gasteiger partial charge in [0.2, 0.25) is 10.0 Å². The number of methoxy groups -OCH3 is 1. The van der Waals surface area contributed by atoms with Crippen molar-refractivity contribution in [1.29, 1.82) is 0 Å². The Balaban J connectivity index is 1.69. The van der Waals surface area contributed by atoms with Crippen LogP contribution in [-0.2, 0) is 26.2 Å². The summed E-state index contributed by atoms with van der Waals surface area (Å²) in [4.78, 5) is 12.0. The Labute approximate surface area is 199 Å². The predicted octanol–water partition coefficient (Wildman–Crippen LogP) is 5.06. The highest BCUT2D eigenvalue weighted by Crippen LogP contribution is 2.25.